The molecule has 21 heavy (non-hydrogen) atoms. The van der Waals surface area contributed by atoms with Gasteiger partial charge in [-0.3, -0.25) is 9.59 Å². The normalized spacial score (nSPS) is 10.2. The smallest absolute Gasteiger partial charge is 0.261 e. The van der Waals surface area contributed by atoms with Crippen molar-refractivity contribution in [3.8, 4) is 0 Å². The molecule has 2 amide bonds. The average Bonchev–Trinajstić information content (AvgIpc) is 2.91. The first kappa shape index (κ1) is 15.3. The van der Waals surface area contributed by atoms with Gasteiger partial charge in [-0.2, -0.15) is 0 Å². The van der Waals surface area contributed by atoms with Crippen LogP contribution in [0.2, 0.25) is 0 Å². The summed E-state index contributed by atoms with van der Waals surface area (Å²) in [6.45, 7) is 2.42. The van der Waals surface area contributed by atoms with Gasteiger partial charge in [0.05, 0.1) is 4.88 Å². The average molecular weight is 302 g/mol. The Morgan fingerprint density at radius 2 is 1.76 bits per heavy atom. The van der Waals surface area contributed by atoms with Crippen molar-refractivity contribution in [1.29, 1.82) is 0 Å². The molecule has 0 radical (unpaired) electrons. The molecule has 1 heterocycles. The van der Waals surface area contributed by atoms with E-state index in [4.69, 9.17) is 0 Å². The van der Waals surface area contributed by atoms with Gasteiger partial charge in [0.1, 0.15) is 0 Å². The van der Waals surface area contributed by atoms with Crippen LogP contribution in [0.3, 0.4) is 0 Å². The van der Waals surface area contributed by atoms with Gasteiger partial charge in [0.2, 0.25) is 0 Å². The number of nitrogens with one attached hydrogen (secondary N) is 1. The fraction of sp³-hybridized carbons (Fsp3) is 0.250. The summed E-state index contributed by atoms with van der Waals surface area (Å²) >= 11 is 1.48. The van der Waals surface area contributed by atoms with Crippen LogP contribution in [0.25, 0.3) is 0 Å². The second kappa shape index (κ2) is 6.54. The minimum atomic E-state index is -0.0680. The molecule has 0 aliphatic carbocycles. The lowest BCUT2D eigenvalue weighted by Crippen LogP contribution is -2.23. The maximum absolute atomic E-state index is 11.9. The number of benzene rings is 1. The van der Waals surface area contributed by atoms with Crippen molar-refractivity contribution in [2.45, 2.75) is 13.5 Å². The molecule has 0 aliphatic heterocycles. The molecule has 2 rings (SSSR count). The number of carbonyl (C=O) groups excluding carboxylic acids is 2. The number of carbonyl (C=O) groups is 2. The molecule has 4 nitrogen and oxygen atoms in total. The van der Waals surface area contributed by atoms with Crippen molar-refractivity contribution in [3.63, 3.8) is 0 Å². The quantitative estimate of drug-likeness (QED) is 0.944. The minimum absolute atomic E-state index is 0.0281. The maximum atomic E-state index is 11.9. The summed E-state index contributed by atoms with van der Waals surface area (Å²) in [5, 5.41) is 2.88. The Labute approximate surface area is 128 Å². The molecule has 0 fully saturated rings. The van der Waals surface area contributed by atoms with E-state index in [0.717, 1.165) is 10.4 Å². The van der Waals surface area contributed by atoms with Gasteiger partial charge in [0.15, 0.2) is 0 Å². The SMILES string of the molecule is Cc1ccc(C(=O)NCc2ccc(C(=O)N(C)C)cc2)s1. The Morgan fingerprint density at radius 1 is 1.10 bits per heavy atom. The summed E-state index contributed by atoms with van der Waals surface area (Å²) in [5.74, 6) is -0.0961. The van der Waals surface area contributed by atoms with E-state index in [9.17, 15) is 9.59 Å². The van der Waals surface area contributed by atoms with Gasteiger partial charge >= 0.3 is 0 Å². The summed E-state index contributed by atoms with van der Waals surface area (Å²) in [4.78, 5) is 27.1. The van der Waals surface area contributed by atoms with Crippen LogP contribution in [0.1, 0.15) is 30.5 Å². The van der Waals surface area contributed by atoms with E-state index in [2.05, 4.69) is 5.32 Å². The first-order valence-electron chi connectivity index (χ1n) is 6.62. The van der Waals surface area contributed by atoms with Crippen molar-refractivity contribution in [3.05, 3.63) is 57.3 Å². The first-order chi connectivity index (χ1) is 9.97. The van der Waals surface area contributed by atoms with Crippen LogP contribution in [0.5, 0.6) is 0 Å². The van der Waals surface area contributed by atoms with Crippen LogP contribution >= 0.6 is 11.3 Å². The Balaban J connectivity index is 1.95. The summed E-state index contributed by atoms with van der Waals surface area (Å²) < 4.78 is 0. The van der Waals surface area contributed by atoms with Gasteiger partial charge in [-0.05, 0) is 36.8 Å². The molecular formula is C16H18N2O2S. The van der Waals surface area contributed by atoms with E-state index >= 15 is 0 Å². The van der Waals surface area contributed by atoms with Gasteiger partial charge in [-0.25, -0.2) is 0 Å². The molecule has 0 aliphatic rings. The summed E-state index contributed by atoms with van der Waals surface area (Å²) in [7, 11) is 3.44. The highest BCUT2D eigenvalue weighted by Gasteiger charge is 2.09. The van der Waals surface area contributed by atoms with Gasteiger partial charge < -0.3 is 10.2 Å². The number of amides is 2. The summed E-state index contributed by atoms with van der Waals surface area (Å²) in [6.07, 6.45) is 0. The van der Waals surface area contributed by atoms with Crippen LogP contribution in [-0.4, -0.2) is 30.8 Å². The molecule has 0 atom stereocenters. The lowest BCUT2D eigenvalue weighted by atomic mass is 10.1. The fourth-order valence-electron chi connectivity index (χ4n) is 1.85. The van der Waals surface area contributed by atoms with E-state index in [0.29, 0.717) is 17.0 Å². The van der Waals surface area contributed by atoms with Gasteiger partial charge in [0, 0.05) is 31.1 Å². The zero-order valence-corrected chi connectivity index (χ0v) is 13.2. The highest BCUT2D eigenvalue weighted by Crippen LogP contribution is 2.15. The molecule has 1 N–H and O–H groups in total. The number of rotatable bonds is 4. The van der Waals surface area contributed by atoms with Crippen LogP contribution < -0.4 is 5.32 Å². The third-order valence-electron chi connectivity index (χ3n) is 3.02. The van der Waals surface area contributed by atoms with Crippen molar-refractivity contribution in [2.24, 2.45) is 0 Å². The first-order valence-corrected chi connectivity index (χ1v) is 7.44. The highest BCUT2D eigenvalue weighted by atomic mass is 32.1. The summed E-state index contributed by atoms with van der Waals surface area (Å²) in [5.41, 5.74) is 1.61. The Kier molecular flexibility index (Phi) is 4.75. The van der Waals surface area contributed by atoms with E-state index in [1.807, 2.05) is 31.2 Å². The number of thiophene rings is 1. The zero-order valence-electron chi connectivity index (χ0n) is 12.3. The van der Waals surface area contributed by atoms with Gasteiger partial charge in [-0.15, -0.1) is 11.3 Å². The predicted octanol–water partition coefficient (Wildman–Crippen LogP) is 2.69. The van der Waals surface area contributed by atoms with E-state index < -0.39 is 0 Å². The fourth-order valence-corrected chi connectivity index (χ4v) is 2.63. The van der Waals surface area contributed by atoms with Crippen molar-refractivity contribution >= 4 is 23.2 Å². The Hall–Kier alpha value is -2.14. The van der Waals surface area contributed by atoms with E-state index in [1.54, 1.807) is 26.2 Å². The number of aryl methyl sites for hydroxylation is 1. The molecule has 0 saturated heterocycles. The minimum Gasteiger partial charge on any atom is -0.347 e. The number of hydrogen-bond donors (Lipinski definition) is 1. The van der Waals surface area contributed by atoms with Crippen LogP contribution in [-0.2, 0) is 6.54 Å². The molecule has 1 aromatic heterocycles. The third-order valence-corrected chi connectivity index (χ3v) is 4.02. The molecule has 5 heteroatoms. The number of nitrogens with zero attached hydrogens (tertiary/aromatic N) is 1. The lowest BCUT2D eigenvalue weighted by Gasteiger charge is -2.10. The second-order valence-electron chi connectivity index (χ2n) is 4.99. The van der Waals surface area contributed by atoms with Crippen molar-refractivity contribution in [2.75, 3.05) is 14.1 Å². The molecule has 2 aromatic rings. The zero-order chi connectivity index (χ0) is 15.4. The van der Waals surface area contributed by atoms with Crippen LogP contribution in [0, 0.1) is 6.92 Å². The monoisotopic (exact) mass is 302 g/mol. The van der Waals surface area contributed by atoms with Crippen LogP contribution in [0.15, 0.2) is 36.4 Å². The van der Waals surface area contributed by atoms with Gasteiger partial charge in [0.25, 0.3) is 11.8 Å². The number of hydrogen-bond acceptors (Lipinski definition) is 3. The molecule has 1 aromatic carbocycles. The molecule has 110 valence electrons. The maximum Gasteiger partial charge on any atom is 0.261 e. The second-order valence-corrected chi connectivity index (χ2v) is 6.28. The molecule has 0 bridgehead atoms. The largest absolute Gasteiger partial charge is 0.347 e. The summed E-state index contributed by atoms with van der Waals surface area (Å²) in [6, 6.07) is 11.0. The molecule has 0 spiro atoms. The van der Waals surface area contributed by atoms with Crippen LogP contribution in [0.4, 0.5) is 0 Å². The van der Waals surface area contributed by atoms with E-state index in [1.165, 1.54) is 16.2 Å². The highest BCUT2D eigenvalue weighted by molar-refractivity contribution is 7.13. The Bertz CT molecular complexity index is 645. The third kappa shape index (κ3) is 3.92. The van der Waals surface area contributed by atoms with Crippen molar-refractivity contribution < 1.29 is 9.59 Å². The van der Waals surface area contributed by atoms with E-state index in [-0.39, 0.29) is 11.8 Å². The Morgan fingerprint density at radius 3 is 2.29 bits per heavy atom. The standard InChI is InChI=1S/C16H18N2O2S/c1-11-4-9-14(21-11)15(19)17-10-12-5-7-13(8-6-12)16(20)18(2)3/h4-9H,10H2,1-3H3,(H,17,19). The van der Waals surface area contributed by atoms with Crippen molar-refractivity contribution in [1.82, 2.24) is 10.2 Å². The molecular weight excluding hydrogens is 284 g/mol. The predicted molar refractivity (Wildman–Crippen MR) is 84.7 cm³/mol. The molecule has 0 unspecified atom stereocenters. The topological polar surface area (TPSA) is 49.4 Å². The lowest BCUT2D eigenvalue weighted by molar-refractivity contribution is 0.0827. The van der Waals surface area contributed by atoms with Gasteiger partial charge in [-0.1, -0.05) is 12.1 Å². The molecule has 0 saturated carbocycles.